The Morgan fingerprint density at radius 1 is 1.64 bits per heavy atom. The lowest BCUT2D eigenvalue weighted by Crippen LogP contribution is -2.25. The lowest BCUT2D eigenvalue weighted by atomic mass is 10.0. The second-order valence-corrected chi connectivity index (χ2v) is 3.26. The highest BCUT2D eigenvalue weighted by molar-refractivity contribution is 5.64. The average Bonchev–Trinajstić information content (AvgIpc) is 2.14. The van der Waals surface area contributed by atoms with Crippen LogP contribution in [0.1, 0.15) is 18.4 Å². The van der Waals surface area contributed by atoms with Crippen molar-refractivity contribution in [3.8, 4) is 0 Å². The minimum Gasteiger partial charge on any atom is -0.465 e. The highest BCUT2D eigenvalue weighted by Gasteiger charge is 2.06. The zero-order chi connectivity index (χ0) is 10.6. The molecule has 0 aliphatic carbocycles. The molecule has 0 bridgehead atoms. The van der Waals surface area contributed by atoms with Gasteiger partial charge in [-0.2, -0.15) is 0 Å². The lowest BCUT2D eigenvalue weighted by molar-refractivity contribution is 0.194. The third-order valence-electron chi connectivity index (χ3n) is 2.04. The fraction of sp³-hybridized carbons (Fsp3) is 0.300. The normalized spacial score (nSPS) is 12.1. The fourth-order valence-corrected chi connectivity index (χ4v) is 1.22. The van der Waals surface area contributed by atoms with Crippen LogP contribution in [0.2, 0.25) is 0 Å². The number of anilines is 1. The molecule has 4 N–H and O–H groups in total. The monoisotopic (exact) mass is 194 g/mol. The van der Waals surface area contributed by atoms with Gasteiger partial charge >= 0.3 is 6.09 Å². The van der Waals surface area contributed by atoms with Crippen LogP contribution in [0.25, 0.3) is 0 Å². The number of nitrogens with one attached hydrogen (secondary N) is 1. The molecular weight excluding hydrogens is 180 g/mol. The number of carbonyl (C=O) groups is 1. The Morgan fingerprint density at radius 2 is 2.36 bits per heavy atom. The first-order valence-electron chi connectivity index (χ1n) is 4.42. The van der Waals surface area contributed by atoms with Gasteiger partial charge in [-0.25, -0.2) is 4.79 Å². The van der Waals surface area contributed by atoms with Gasteiger partial charge in [0.2, 0.25) is 0 Å². The first-order valence-corrected chi connectivity index (χ1v) is 4.42. The van der Waals surface area contributed by atoms with E-state index in [4.69, 9.17) is 10.8 Å². The van der Waals surface area contributed by atoms with Gasteiger partial charge in [0.05, 0.1) is 0 Å². The van der Waals surface area contributed by atoms with E-state index in [1.165, 1.54) is 0 Å². The van der Waals surface area contributed by atoms with Crippen LogP contribution < -0.4 is 11.1 Å². The molecule has 0 aliphatic heterocycles. The van der Waals surface area contributed by atoms with E-state index in [0.29, 0.717) is 12.2 Å². The summed E-state index contributed by atoms with van der Waals surface area (Å²) in [5.41, 5.74) is 7.35. The van der Waals surface area contributed by atoms with Gasteiger partial charge in [0.15, 0.2) is 0 Å². The van der Waals surface area contributed by atoms with Crippen molar-refractivity contribution in [1.29, 1.82) is 0 Å². The predicted molar refractivity (Wildman–Crippen MR) is 55.3 cm³/mol. The van der Waals surface area contributed by atoms with Crippen LogP contribution in [0.3, 0.4) is 0 Å². The molecule has 0 spiro atoms. The quantitative estimate of drug-likeness (QED) is 0.640. The molecular formula is C10H14N2O2. The Kier molecular flexibility index (Phi) is 3.34. The number of benzene rings is 1. The van der Waals surface area contributed by atoms with Crippen LogP contribution in [-0.2, 0) is 0 Å². The summed E-state index contributed by atoms with van der Waals surface area (Å²) in [6, 6.07) is 7.46. The number of amides is 1. The average molecular weight is 194 g/mol. The van der Waals surface area contributed by atoms with Gasteiger partial charge in [-0.05, 0) is 23.6 Å². The van der Waals surface area contributed by atoms with Crippen molar-refractivity contribution < 1.29 is 9.90 Å². The van der Waals surface area contributed by atoms with E-state index < -0.39 is 6.09 Å². The summed E-state index contributed by atoms with van der Waals surface area (Å²) in [7, 11) is 0. The number of hydrogen-bond acceptors (Lipinski definition) is 2. The fourth-order valence-electron chi connectivity index (χ4n) is 1.22. The van der Waals surface area contributed by atoms with E-state index in [9.17, 15) is 4.79 Å². The standard InChI is InChI=1S/C10H14N2O2/c1-7(6-12-10(13)14)8-3-2-4-9(11)5-8/h2-5,7,12H,6,11H2,1H3,(H,13,14)/t7-/m1/s1. The Hall–Kier alpha value is -1.71. The smallest absolute Gasteiger partial charge is 0.404 e. The molecule has 0 saturated carbocycles. The first kappa shape index (κ1) is 10.4. The van der Waals surface area contributed by atoms with Gasteiger partial charge in [-0.15, -0.1) is 0 Å². The molecule has 0 aromatic heterocycles. The molecule has 0 heterocycles. The minimum atomic E-state index is -0.999. The summed E-state index contributed by atoms with van der Waals surface area (Å²) in [4.78, 5) is 10.3. The molecule has 76 valence electrons. The Balaban J connectivity index is 2.60. The third kappa shape index (κ3) is 2.97. The van der Waals surface area contributed by atoms with Gasteiger partial charge < -0.3 is 16.2 Å². The van der Waals surface area contributed by atoms with Crippen LogP contribution in [0.15, 0.2) is 24.3 Å². The maximum atomic E-state index is 10.3. The summed E-state index contributed by atoms with van der Waals surface area (Å²) >= 11 is 0. The van der Waals surface area contributed by atoms with E-state index >= 15 is 0 Å². The summed E-state index contributed by atoms with van der Waals surface area (Å²) < 4.78 is 0. The number of nitrogens with two attached hydrogens (primary N) is 1. The largest absolute Gasteiger partial charge is 0.465 e. The topological polar surface area (TPSA) is 75.3 Å². The summed E-state index contributed by atoms with van der Waals surface area (Å²) in [6.45, 7) is 2.35. The van der Waals surface area contributed by atoms with Crippen LogP contribution in [-0.4, -0.2) is 17.7 Å². The molecule has 0 radical (unpaired) electrons. The van der Waals surface area contributed by atoms with Crippen molar-refractivity contribution in [2.45, 2.75) is 12.8 Å². The van der Waals surface area contributed by atoms with Crippen molar-refractivity contribution >= 4 is 11.8 Å². The van der Waals surface area contributed by atoms with Crippen LogP contribution >= 0.6 is 0 Å². The SMILES string of the molecule is C[C@H](CNC(=O)O)c1cccc(N)c1. The van der Waals surface area contributed by atoms with E-state index in [1.54, 1.807) is 6.07 Å². The summed E-state index contributed by atoms with van der Waals surface area (Å²) in [5.74, 6) is 0.134. The molecule has 1 amide bonds. The predicted octanol–water partition coefficient (Wildman–Crippen LogP) is 1.64. The first-order chi connectivity index (χ1) is 6.59. The van der Waals surface area contributed by atoms with Gasteiger partial charge in [0.25, 0.3) is 0 Å². The lowest BCUT2D eigenvalue weighted by Gasteiger charge is -2.11. The Bertz CT molecular complexity index is 326. The second kappa shape index (κ2) is 4.50. The van der Waals surface area contributed by atoms with Crippen LogP contribution in [0.5, 0.6) is 0 Å². The number of nitrogen functional groups attached to an aromatic ring is 1. The van der Waals surface area contributed by atoms with Crippen molar-refractivity contribution in [3.63, 3.8) is 0 Å². The molecule has 0 saturated heterocycles. The van der Waals surface area contributed by atoms with Crippen molar-refractivity contribution in [3.05, 3.63) is 29.8 Å². The van der Waals surface area contributed by atoms with E-state index in [-0.39, 0.29) is 5.92 Å². The van der Waals surface area contributed by atoms with Crippen molar-refractivity contribution in [2.24, 2.45) is 0 Å². The zero-order valence-corrected chi connectivity index (χ0v) is 8.03. The second-order valence-electron chi connectivity index (χ2n) is 3.26. The number of rotatable bonds is 3. The molecule has 14 heavy (non-hydrogen) atoms. The Morgan fingerprint density at radius 3 is 2.93 bits per heavy atom. The van der Waals surface area contributed by atoms with Crippen LogP contribution in [0.4, 0.5) is 10.5 Å². The summed E-state index contributed by atoms with van der Waals surface area (Å²) in [6.07, 6.45) is -0.999. The van der Waals surface area contributed by atoms with Gasteiger partial charge in [0, 0.05) is 12.2 Å². The number of hydrogen-bond donors (Lipinski definition) is 3. The molecule has 4 nitrogen and oxygen atoms in total. The van der Waals surface area contributed by atoms with E-state index in [2.05, 4.69) is 5.32 Å². The maximum Gasteiger partial charge on any atom is 0.404 e. The zero-order valence-electron chi connectivity index (χ0n) is 8.03. The highest BCUT2D eigenvalue weighted by Crippen LogP contribution is 2.16. The van der Waals surface area contributed by atoms with E-state index in [1.807, 2.05) is 25.1 Å². The van der Waals surface area contributed by atoms with Gasteiger partial charge in [0.1, 0.15) is 0 Å². The van der Waals surface area contributed by atoms with Gasteiger partial charge in [-0.1, -0.05) is 19.1 Å². The molecule has 1 atom stereocenters. The minimum absolute atomic E-state index is 0.134. The molecule has 4 heteroatoms. The summed E-state index contributed by atoms with van der Waals surface area (Å²) in [5, 5.41) is 10.8. The van der Waals surface area contributed by atoms with Gasteiger partial charge in [-0.3, -0.25) is 0 Å². The molecule has 1 aromatic rings. The van der Waals surface area contributed by atoms with Crippen molar-refractivity contribution in [2.75, 3.05) is 12.3 Å². The highest BCUT2D eigenvalue weighted by atomic mass is 16.4. The third-order valence-corrected chi connectivity index (χ3v) is 2.04. The van der Waals surface area contributed by atoms with Crippen molar-refractivity contribution in [1.82, 2.24) is 5.32 Å². The van der Waals surface area contributed by atoms with E-state index in [0.717, 1.165) is 5.56 Å². The molecule has 0 unspecified atom stereocenters. The Labute approximate surface area is 82.7 Å². The molecule has 1 rings (SSSR count). The maximum absolute atomic E-state index is 10.3. The van der Waals surface area contributed by atoms with Crippen LogP contribution in [0, 0.1) is 0 Å². The molecule has 0 aliphatic rings. The molecule has 0 fully saturated rings. The number of carboxylic acid groups (broad SMARTS) is 1. The molecule has 1 aromatic carbocycles.